The average molecular weight is 484 g/mol. The predicted molar refractivity (Wildman–Crippen MR) is 115 cm³/mol. The van der Waals surface area contributed by atoms with Gasteiger partial charge in [0.25, 0.3) is 11.8 Å². The van der Waals surface area contributed by atoms with Crippen LogP contribution in [0.1, 0.15) is 69.1 Å². The molecule has 0 aliphatic heterocycles. The van der Waals surface area contributed by atoms with Crippen LogP contribution < -0.4 is 10.6 Å². The van der Waals surface area contributed by atoms with Crippen molar-refractivity contribution in [1.82, 2.24) is 10.3 Å². The van der Waals surface area contributed by atoms with Gasteiger partial charge in [0.05, 0.1) is 29.5 Å². The quantitative estimate of drug-likeness (QED) is 0.553. The molecule has 11 heteroatoms. The molecular formula is C22H24F3N3O4S. The Kier molecular flexibility index (Phi) is 6.73. The van der Waals surface area contributed by atoms with E-state index in [0.29, 0.717) is 22.9 Å². The van der Waals surface area contributed by atoms with Crippen LogP contribution in [0, 0.1) is 0 Å². The molecule has 33 heavy (non-hydrogen) atoms. The number of aryl methyl sites for hydroxylation is 1. The average Bonchev–Trinajstić information content (AvgIpc) is 3.37. The standard InChI is InChI=1S/C22H24F3N3O4S/c1-2-11-3-6-13(19(30)28-16-8-14(9-17(16)29)32-22(23,24)25)7-15(11)27-20(31)18-10-26-21(33-18)12-4-5-12/h3,6-7,10,12,14,16-17,29H,2,4-5,8-9H2,1H3,(H,27,31)(H,28,30)/t14-,16-,17-/m0/s1. The van der Waals surface area contributed by atoms with Crippen LogP contribution >= 0.6 is 11.3 Å². The van der Waals surface area contributed by atoms with E-state index >= 15 is 0 Å². The number of ether oxygens (including phenoxy) is 1. The number of carbonyl (C=O) groups excluding carboxylic acids is 2. The molecule has 2 saturated carbocycles. The summed E-state index contributed by atoms with van der Waals surface area (Å²) in [4.78, 5) is 30.2. The first-order chi connectivity index (χ1) is 15.6. The first-order valence-corrected chi connectivity index (χ1v) is 11.6. The van der Waals surface area contributed by atoms with Crippen molar-refractivity contribution in [2.75, 3.05) is 5.32 Å². The number of thiazole rings is 1. The molecule has 2 amide bonds. The van der Waals surface area contributed by atoms with E-state index in [2.05, 4.69) is 20.4 Å². The third-order valence-corrected chi connectivity index (χ3v) is 6.94. The smallest absolute Gasteiger partial charge is 0.391 e. The Morgan fingerprint density at radius 3 is 2.67 bits per heavy atom. The Morgan fingerprint density at radius 1 is 1.24 bits per heavy atom. The molecule has 1 heterocycles. The topological polar surface area (TPSA) is 101 Å². The van der Waals surface area contributed by atoms with Crippen molar-refractivity contribution in [2.24, 2.45) is 0 Å². The van der Waals surface area contributed by atoms with E-state index in [-0.39, 0.29) is 24.3 Å². The summed E-state index contributed by atoms with van der Waals surface area (Å²) in [5.74, 6) is -0.425. The molecular weight excluding hydrogens is 459 g/mol. The van der Waals surface area contributed by atoms with Crippen LogP contribution in [0.15, 0.2) is 24.4 Å². The molecule has 2 aliphatic carbocycles. The number of aliphatic hydroxyl groups is 1. The Labute approximate surface area is 192 Å². The molecule has 0 bridgehead atoms. The summed E-state index contributed by atoms with van der Waals surface area (Å²) >= 11 is 1.36. The van der Waals surface area contributed by atoms with Crippen molar-refractivity contribution in [1.29, 1.82) is 0 Å². The molecule has 7 nitrogen and oxygen atoms in total. The second kappa shape index (κ2) is 9.40. The largest absolute Gasteiger partial charge is 0.522 e. The third kappa shape index (κ3) is 5.90. The van der Waals surface area contributed by atoms with Gasteiger partial charge in [-0.25, -0.2) is 4.98 Å². The van der Waals surface area contributed by atoms with Crippen LogP contribution in [-0.4, -0.2) is 46.5 Å². The second-order valence-corrected chi connectivity index (χ2v) is 9.38. The van der Waals surface area contributed by atoms with E-state index in [1.54, 1.807) is 18.3 Å². The lowest BCUT2D eigenvalue weighted by molar-refractivity contribution is -0.342. The van der Waals surface area contributed by atoms with E-state index in [4.69, 9.17) is 0 Å². The monoisotopic (exact) mass is 483 g/mol. The lowest BCUT2D eigenvalue weighted by atomic mass is 10.1. The first kappa shape index (κ1) is 23.7. The fraction of sp³-hybridized carbons (Fsp3) is 0.500. The molecule has 2 aliphatic rings. The number of aliphatic hydroxyl groups excluding tert-OH is 1. The molecule has 3 N–H and O–H groups in total. The van der Waals surface area contributed by atoms with Crippen LogP contribution in [-0.2, 0) is 11.2 Å². The predicted octanol–water partition coefficient (Wildman–Crippen LogP) is 3.99. The molecule has 1 aromatic heterocycles. The van der Waals surface area contributed by atoms with Gasteiger partial charge in [-0.2, -0.15) is 0 Å². The van der Waals surface area contributed by atoms with Crippen LogP contribution in [0.3, 0.4) is 0 Å². The number of anilines is 1. The molecule has 4 rings (SSSR count). The van der Waals surface area contributed by atoms with Gasteiger partial charge < -0.3 is 15.7 Å². The van der Waals surface area contributed by atoms with Crippen LogP contribution in [0.25, 0.3) is 0 Å². The Hall–Kier alpha value is -2.50. The number of halogens is 3. The van der Waals surface area contributed by atoms with Gasteiger partial charge in [-0.3, -0.25) is 14.3 Å². The molecule has 0 spiro atoms. The van der Waals surface area contributed by atoms with E-state index < -0.39 is 30.5 Å². The van der Waals surface area contributed by atoms with Crippen molar-refractivity contribution < 1.29 is 32.6 Å². The molecule has 1 aromatic carbocycles. The maximum atomic E-state index is 12.7. The number of nitrogens with zero attached hydrogens (tertiary/aromatic N) is 1. The van der Waals surface area contributed by atoms with E-state index in [1.807, 2.05) is 6.92 Å². The number of benzene rings is 1. The summed E-state index contributed by atoms with van der Waals surface area (Å²) in [5.41, 5.74) is 1.52. The van der Waals surface area contributed by atoms with Crippen molar-refractivity contribution >= 4 is 28.8 Å². The lowest BCUT2D eigenvalue weighted by Crippen LogP contribution is -2.40. The zero-order chi connectivity index (χ0) is 23.8. The summed E-state index contributed by atoms with van der Waals surface area (Å²) < 4.78 is 41.3. The molecule has 3 atom stereocenters. The third-order valence-electron chi connectivity index (χ3n) is 5.78. The summed E-state index contributed by atoms with van der Waals surface area (Å²) in [6.07, 6.45) is -3.21. The minimum atomic E-state index is -4.80. The van der Waals surface area contributed by atoms with Gasteiger partial charge in [0, 0.05) is 23.6 Å². The number of hydrogen-bond donors (Lipinski definition) is 3. The molecule has 2 fully saturated rings. The van der Waals surface area contributed by atoms with E-state index in [1.165, 1.54) is 17.4 Å². The molecule has 2 aromatic rings. The summed E-state index contributed by atoms with van der Waals surface area (Å²) in [6.45, 7) is 1.91. The highest BCUT2D eigenvalue weighted by Gasteiger charge is 2.41. The number of hydrogen-bond acceptors (Lipinski definition) is 6. The lowest BCUT2D eigenvalue weighted by Gasteiger charge is -2.17. The fourth-order valence-electron chi connectivity index (χ4n) is 3.90. The minimum absolute atomic E-state index is 0.155. The van der Waals surface area contributed by atoms with Crippen molar-refractivity contribution in [2.45, 2.75) is 69.6 Å². The normalized spacial score (nSPS) is 22.9. The Bertz CT molecular complexity index is 1040. The number of aromatic nitrogens is 1. The summed E-state index contributed by atoms with van der Waals surface area (Å²) in [7, 11) is 0. The van der Waals surface area contributed by atoms with E-state index in [9.17, 15) is 27.9 Å². The maximum absolute atomic E-state index is 12.7. The van der Waals surface area contributed by atoms with Crippen LogP contribution in [0.4, 0.5) is 18.9 Å². The number of rotatable bonds is 7. The molecule has 0 unspecified atom stereocenters. The van der Waals surface area contributed by atoms with Gasteiger partial charge >= 0.3 is 6.36 Å². The van der Waals surface area contributed by atoms with Crippen molar-refractivity contribution in [3.63, 3.8) is 0 Å². The zero-order valence-corrected chi connectivity index (χ0v) is 18.6. The van der Waals surface area contributed by atoms with Gasteiger partial charge in [-0.1, -0.05) is 13.0 Å². The highest BCUT2D eigenvalue weighted by Crippen LogP contribution is 2.41. The van der Waals surface area contributed by atoms with Gasteiger partial charge in [0.2, 0.25) is 0 Å². The van der Waals surface area contributed by atoms with Gasteiger partial charge in [-0.15, -0.1) is 24.5 Å². The van der Waals surface area contributed by atoms with Crippen LogP contribution in [0.5, 0.6) is 0 Å². The Morgan fingerprint density at radius 2 is 2.00 bits per heavy atom. The summed E-state index contributed by atoms with van der Waals surface area (Å²) in [6, 6.07) is 3.95. The number of amides is 2. The maximum Gasteiger partial charge on any atom is 0.522 e. The first-order valence-electron chi connectivity index (χ1n) is 10.8. The zero-order valence-electron chi connectivity index (χ0n) is 17.8. The van der Waals surface area contributed by atoms with Crippen LogP contribution in [0.2, 0.25) is 0 Å². The van der Waals surface area contributed by atoms with E-state index in [0.717, 1.165) is 23.4 Å². The number of alkyl halides is 3. The van der Waals surface area contributed by atoms with Gasteiger partial charge in [0.15, 0.2) is 0 Å². The molecule has 178 valence electrons. The Balaban J connectivity index is 1.43. The highest BCUT2D eigenvalue weighted by molar-refractivity contribution is 7.13. The number of nitrogens with one attached hydrogen (secondary N) is 2. The molecule has 0 saturated heterocycles. The second-order valence-electron chi connectivity index (χ2n) is 8.32. The van der Waals surface area contributed by atoms with Crippen molar-refractivity contribution in [3.05, 3.63) is 45.4 Å². The SMILES string of the molecule is CCc1ccc(C(=O)N[C@H]2C[C@H](OC(F)(F)F)C[C@@H]2O)cc1NC(=O)c1cnc(C2CC2)s1. The molecule has 0 radical (unpaired) electrons. The highest BCUT2D eigenvalue weighted by atomic mass is 32.1. The summed E-state index contributed by atoms with van der Waals surface area (Å²) in [5, 5.41) is 16.4. The van der Waals surface area contributed by atoms with Gasteiger partial charge in [-0.05, 0) is 43.4 Å². The minimum Gasteiger partial charge on any atom is -0.391 e. The number of carbonyl (C=O) groups is 2. The van der Waals surface area contributed by atoms with Gasteiger partial charge in [0.1, 0.15) is 4.88 Å². The van der Waals surface area contributed by atoms with Crippen molar-refractivity contribution in [3.8, 4) is 0 Å². The fourth-order valence-corrected chi connectivity index (χ4v) is 4.88.